The molecule has 1 rings (SSSR count). The molecule has 0 fully saturated rings. The molecule has 0 saturated carbocycles. The van der Waals surface area contributed by atoms with Crippen molar-refractivity contribution in [2.45, 2.75) is 0 Å². The Bertz CT molecular complexity index is 314. The lowest BCUT2D eigenvalue weighted by Crippen LogP contribution is -1.86. The predicted octanol–water partition coefficient (Wildman–Crippen LogP) is 4.42. The molecular weight excluding hydrogens is 286 g/mol. The van der Waals surface area contributed by atoms with Crippen LogP contribution in [0.5, 0.6) is 5.75 Å². The molecule has 0 aliphatic rings. The molecule has 66 valence electrons. The molecule has 0 atom stereocenters. The van der Waals surface area contributed by atoms with Crippen molar-refractivity contribution in [1.29, 1.82) is 0 Å². The minimum atomic E-state index is 0.304. The number of halogens is 4. The molecule has 0 unspecified atom stereocenters. The van der Waals surface area contributed by atoms with Crippen molar-refractivity contribution in [3.8, 4) is 5.75 Å². The average Bonchev–Trinajstić information content (AvgIpc) is 2.01. The Morgan fingerprint density at radius 1 is 1.25 bits per heavy atom. The standard InChI is InChI=1S/C7H4BrCl3O/c1-12-7-3(8)2-4(9)5(10)6(7)11/h2H,1H3. The van der Waals surface area contributed by atoms with Crippen molar-refractivity contribution in [1.82, 2.24) is 0 Å². The predicted molar refractivity (Wildman–Crippen MR) is 55.7 cm³/mol. The van der Waals surface area contributed by atoms with Gasteiger partial charge in [-0.1, -0.05) is 34.8 Å². The summed E-state index contributed by atoms with van der Waals surface area (Å²) >= 11 is 20.6. The molecule has 0 radical (unpaired) electrons. The van der Waals surface area contributed by atoms with Gasteiger partial charge in [-0.3, -0.25) is 0 Å². The highest BCUT2D eigenvalue weighted by atomic mass is 79.9. The fourth-order valence-electron chi connectivity index (χ4n) is 0.737. The molecule has 0 heterocycles. The summed E-state index contributed by atoms with van der Waals surface area (Å²) in [6, 6.07) is 1.63. The van der Waals surface area contributed by atoms with Crippen molar-refractivity contribution in [3.05, 3.63) is 25.6 Å². The van der Waals surface area contributed by atoms with E-state index in [9.17, 15) is 0 Å². The normalized spacial score (nSPS) is 10.1. The second-order valence-corrected chi connectivity index (χ2v) is 4.02. The Kier molecular flexibility index (Phi) is 3.53. The van der Waals surface area contributed by atoms with Gasteiger partial charge in [-0.05, 0) is 22.0 Å². The van der Waals surface area contributed by atoms with Gasteiger partial charge in [0.2, 0.25) is 0 Å². The van der Waals surface area contributed by atoms with Crippen molar-refractivity contribution in [3.63, 3.8) is 0 Å². The maximum atomic E-state index is 5.83. The van der Waals surface area contributed by atoms with Crippen LogP contribution in [0.2, 0.25) is 15.1 Å². The van der Waals surface area contributed by atoms with E-state index in [1.807, 2.05) is 0 Å². The van der Waals surface area contributed by atoms with Gasteiger partial charge in [0.25, 0.3) is 0 Å². The van der Waals surface area contributed by atoms with E-state index in [0.717, 1.165) is 0 Å². The van der Waals surface area contributed by atoms with Gasteiger partial charge in [0.15, 0.2) is 5.75 Å². The molecule has 1 nitrogen and oxygen atoms in total. The van der Waals surface area contributed by atoms with Crippen molar-refractivity contribution in [2.24, 2.45) is 0 Å². The summed E-state index contributed by atoms with van der Waals surface area (Å²) in [6.45, 7) is 0. The number of hydrogen-bond donors (Lipinski definition) is 0. The number of ether oxygens (including phenoxy) is 1. The van der Waals surface area contributed by atoms with Gasteiger partial charge in [-0.15, -0.1) is 0 Å². The van der Waals surface area contributed by atoms with Crippen LogP contribution in [0.1, 0.15) is 0 Å². The van der Waals surface area contributed by atoms with Gasteiger partial charge in [-0.2, -0.15) is 0 Å². The molecule has 0 aliphatic heterocycles. The highest BCUT2D eigenvalue weighted by Gasteiger charge is 2.13. The van der Waals surface area contributed by atoms with Crippen molar-refractivity contribution < 1.29 is 4.74 Å². The lowest BCUT2D eigenvalue weighted by molar-refractivity contribution is 0.412. The van der Waals surface area contributed by atoms with Crippen molar-refractivity contribution in [2.75, 3.05) is 7.11 Å². The zero-order chi connectivity index (χ0) is 9.30. The van der Waals surface area contributed by atoms with Gasteiger partial charge >= 0.3 is 0 Å². The van der Waals surface area contributed by atoms with Crippen LogP contribution in [-0.2, 0) is 0 Å². The molecule has 0 aliphatic carbocycles. The second kappa shape index (κ2) is 4.05. The van der Waals surface area contributed by atoms with Gasteiger partial charge in [0.05, 0.1) is 21.6 Å². The van der Waals surface area contributed by atoms with E-state index in [-0.39, 0.29) is 0 Å². The topological polar surface area (TPSA) is 9.23 Å². The van der Waals surface area contributed by atoms with Crippen LogP contribution >= 0.6 is 50.7 Å². The quantitative estimate of drug-likeness (QED) is 0.549. The molecule has 12 heavy (non-hydrogen) atoms. The molecule has 0 spiro atoms. The average molecular weight is 290 g/mol. The van der Waals surface area contributed by atoms with Crippen LogP contribution in [0.25, 0.3) is 0 Å². The highest BCUT2D eigenvalue weighted by molar-refractivity contribution is 9.10. The summed E-state index contributed by atoms with van der Waals surface area (Å²) in [7, 11) is 1.51. The number of hydrogen-bond acceptors (Lipinski definition) is 1. The minimum absolute atomic E-state index is 0.304. The molecule has 5 heteroatoms. The summed E-state index contributed by atoms with van der Waals surface area (Å²) in [4.78, 5) is 0. The fraction of sp³-hybridized carbons (Fsp3) is 0.143. The Labute approximate surface area is 93.7 Å². The third kappa shape index (κ3) is 1.82. The molecule has 1 aromatic carbocycles. The Balaban J connectivity index is 3.40. The molecule has 0 bridgehead atoms. The molecule has 0 amide bonds. The van der Waals surface area contributed by atoms with Crippen LogP contribution in [0.4, 0.5) is 0 Å². The third-order valence-electron chi connectivity index (χ3n) is 1.28. The monoisotopic (exact) mass is 288 g/mol. The summed E-state index contributed by atoms with van der Waals surface area (Å²) in [5.41, 5.74) is 0. The summed E-state index contributed by atoms with van der Waals surface area (Å²) in [6.07, 6.45) is 0. The maximum absolute atomic E-state index is 5.83. The maximum Gasteiger partial charge on any atom is 0.153 e. The van der Waals surface area contributed by atoms with Gasteiger partial charge in [-0.25, -0.2) is 0 Å². The zero-order valence-corrected chi connectivity index (χ0v) is 9.85. The largest absolute Gasteiger partial charge is 0.494 e. The lowest BCUT2D eigenvalue weighted by Gasteiger charge is -2.07. The molecular formula is C7H4BrCl3O. The smallest absolute Gasteiger partial charge is 0.153 e. The van der Waals surface area contributed by atoms with E-state index in [2.05, 4.69) is 15.9 Å². The van der Waals surface area contributed by atoms with Crippen LogP contribution in [0.15, 0.2) is 10.5 Å². The van der Waals surface area contributed by atoms with Crippen LogP contribution in [0.3, 0.4) is 0 Å². The molecule has 0 saturated heterocycles. The van der Waals surface area contributed by atoms with E-state index in [4.69, 9.17) is 39.5 Å². The summed E-state index contributed by atoms with van der Waals surface area (Å²) in [5.74, 6) is 0.492. The Morgan fingerprint density at radius 3 is 2.33 bits per heavy atom. The van der Waals surface area contributed by atoms with Gasteiger partial charge in [0, 0.05) is 0 Å². The first kappa shape index (κ1) is 10.5. The third-order valence-corrected chi connectivity index (χ3v) is 3.11. The number of rotatable bonds is 1. The Morgan fingerprint density at radius 2 is 1.83 bits per heavy atom. The van der Waals surface area contributed by atoms with Crippen LogP contribution < -0.4 is 4.74 Å². The van der Waals surface area contributed by atoms with Crippen molar-refractivity contribution >= 4 is 50.7 Å². The molecule has 1 aromatic rings. The number of methoxy groups -OCH3 is 1. The van der Waals surface area contributed by atoms with E-state index < -0.39 is 0 Å². The zero-order valence-electron chi connectivity index (χ0n) is 6.00. The van der Waals surface area contributed by atoms with Gasteiger partial charge in [0.1, 0.15) is 5.02 Å². The van der Waals surface area contributed by atoms with Crippen LogP contribution in [0, 0.1) is 0 Å². The lowest BCUT2D eigenvalue weighted by atomic mass is 10.3. The second-order valence-electron chi connectivity index (χ2n) is 2.00. The van der Waals surface area contributed by atoms with E-state index in [1.165, 1.54) is 7.11 Å². The Hall–Kier alpha value is 0.370. The first-order valence-corrected chi connectivity index (χ1v) is 4.87. The van der Waals surface area contributed by atoms with E-state index >= 15 is 0 Å². The first-order chi connectivity index (χ1) is 5.57. The SMILES string of the molecule is COc1c(Br)cc(Cl)c(Cl)c1Cl. The van der Waals surface area contributed by atoms with E-state index in [1.54, 1.807) is 6.07 Å². The van der Waals surface area contributed by atoms with E-state index in [0.29, 0.717) is 25.3 Å². The highest BCUT2D eigenvalue weighted by Crippen LogP contribution is 2.42. The van der Waals surface area contributed by atoms with Crippen LogP contribution in [-0.4, -0.2) is 7.11 Å². The molecule has 0 aromatic heterocycles. The fourth-order valence-corrected chi connectivity index (χ4v) is 2.24. The summed E-state index contributed by atoms with van der Waals surface area (Å²) in [5, 5.41) is 1.02. The first-order valence-electron chi connectivity index (χ1n) is 2.95. The summed E-state index contributed by atoms with van der Waals surface area (Å²) < 4.78 is 5.67. The minimum Gasteiger partial charge on any atom is -0.494 e. The number of benzene rings is 1. The molecule has 0 N–H and O–H groups in total. The van der Waals surface area contributed by atoms with Gasteiger partial charge < -0.3 is 4.74 Å².